The molecule has 3 rings (SSSR count). The third-order valence-corrected chi connectivity index (χ3v) is 4.19. The molecule has 0 aliphatic rings. The molecule has 0 fully saturated rings. The number of ketones is 1. The van der Waals surface area contributed by atoms with Gasteiger partial charge in [0.05, 0.1) is 24.6 Å². The van der Waals surface area contributed by atoms with Crippen LogP contribution in [0.1, 0.15) is 33.2 Å². The number of methoxy groups -OCH3 is 1. The highest BCUT2D eigenvalue weighted by atomic mass is 16.5. The number of nitrogens with one attached hydrogen (secondary N) is 2. The Labute approximate surface area is 163 Å². The van der Waals surface area contributed by atoms with Crippen LogP contribution in [0.2, 0.25) is 0 Å². The normalized spacial score (nSPS) is 10.2. The molecule has 1 amide bonds. The fourth-order valence-electron chi connectivity index (χ4n) is 2.62. The maximum Gasteiger partial charge on any atom is 0.253 e. The van der Waals surface area contributed by atoms with Crippen molar-refractivity contribution in [3.63, 3.8) is 0 Å². The van der Waals surface area contributed by atoms with Crippen LogP contribution in [0.3, 0.4) is 0 Å². The van der Waals surface area contributed by atoms with E-state index in [0.717, 1.165) is 17.0 Å². The van der Waals surface area contributed by atoms with Gasteiger partial charge in [-0.15, -0.1) is 0 Å². The molecular formula is C22H21N3O3. The minimum absolute atomic E-state index is 0.0174. The van der Waals surface area contributed by atoms with E-state index in [1.54, 1.807) is 31.5 Å². The highest BCUT2D eigenvalue weighted by Gasteiger charge is 2.08. The van der Waals surface area contributed by atoms with Gasteiger partial charge >= 0.3 is 0 Å². The van der Waals surface area contributed by atoms with Crippen LogP contribution in [0, 0.1) is 0 Å². The van der Waals surface area contributed by atoms with Crippen LogP contribution in [-0.4, -0.2) is 23.8 Å². The average Bonchev–Trinajstić information content (AvgIpc) is 2.73. The van der Waals surface area contributed by atoms with E-state index < -0.39 is 0 Å². The first-order valence-corrected chi connectivity index (χ1v) is 8.79. The first-order chi connectivity index (χ1) is 13.5. The molecule has 0 radical (unpaired) electrons. The van der Waals surface area contributed by atoms with E-state index in [1.165, 1.54) is 13.1 Å². The minimum Gasteiger partial charge on any atom is -0.497 e. The lowest BCUT2D eigenvalue weighted by atomic mass is 10.1. The first-order valence-electron chi connectivity index (χ1n) is 8.79. The summed E-state index contributed by atoms with van der Waals surface area (Å²) in [6, 6.07) is 16.4. The van der Waals surface area contributed by atoms with Crippen LogP contribution < -0.4 is 15.4 Å². The molecule has 3 aromatic rings. The number of carbonyl (C=O) groups excluding carboxylic acids is 2. The molecule has 142 valence electrons. The Morgan fingerprint density at radius 3 is 2.29 bits per heavy atom. The van der Waals surface area contributed by atoms with Gasteiger partial charge in [-0.1, -0.05) is 12.1 Å². The smallest absolute Gasteiger partial charge is 0.253 e. The summed E-state index contributed by atoms with van der Waals surface area (Å²) in [5.41, 5.74) is 3.58. The van der Waals surface area contributed by atoms with Gasteiger partial charge < -0.3 is 15.4 Å². The first kappa shape index (κ1) is 19.1. The topological polar surface area (TPSA) is 80.3 Å². The molecule has 0 saturated heterocycles. The van der Waals surface area contributed by atoms with Crippen molar-refractivity contribution in [2.75, 3.05) is 12.4 Å². The Bertz CT molecular complexity index is 967. The van der Waals surface area contributed by atoms with Gasteiger partial charge in [-0.05, 0) is 55.0 Å². The van der Waals surface area contributed by atoms with Gasteiger partial charge in [-0.2, -0.15) is 0 Å². The largest absolute Gasteiger partial charge is 0.497 e. The van der Waals surface area contributed by atoms with E-state index in [1.807, 2.05) is 36.4 Å². The van der Waals surface area contributed by atoms with E-state index in [2.05, 4.69) is 15.6 Å². The summed E-state index contributed by atoms with van der Waals surface area (Å²) in [4.78, 5) is 27.9. The molecule has 0 atom stereocenters. The maximum absolute atomic E-state index is 12.4. The van der Waals surface area contributed by atoms with Crippen molar-refractivity contribution >= 4 is 23.1 Å². The van der Waals surface area contributed by atoms with Crippen LogP contribution in [-0.2, 0) is 6.54 Å². The molecule has 0 bridgehead atoms. The van der Waals surface area contributed by atoms with Gasteiger partial charge in [0.25, 0.3) is 5.91 Å². The van der Waals surface area contributed by atoms with Gasteiger partial charge in [0.15, 0.2) is 5.78 Å². The standard InChI is InChI=1S/C22H21N3O3/c1-15(26)17-5-7-19(8-6-17)25-20-11-18(13-23-14-20)22(27)24-12-16-3-9-21(28-2)10-4-16/h3-11,13-14,25H,12H2,1-2H3,(H,24,27). The Morgan fingerprint density at radius 2 is 1.64 bits per heavy atom. The SMILES string of the molecule is COc1ccc(CNC(=O)c2cncc(Nc3ccc(C(C)=O)cc3)c2)cc1. The molecule has 1 aromatic heterocycles. The van der Waals surface area contributed by atoms with Crippen molar-refractivity contribution in [3.8, 4) is 5.75 Å². The van der Waals surface area contributed by atoms with E-state index >= 15 is 0 Å². The summed E-state index contributed by atoms with van der Waals surface area (Å²) in [5.74, 6) is 0.581. The van der Waals surface area contributed by atoms with Crippen molar-refractivity contribution in [1.82, 2.24) is 10.3 Å². The summed E-state index contributed by atoms with van der Waals surface area (Å²) in [7, 11) is 1.61. The number of benzene rings is 2. The number of ether oxygens (including phenoxy) is 1. The molecule has 0 spiro atoms. The Kier molecular flexibility index (Phi) is 6.01. The van der Waals surface area contributed by atoms with Crippen LogP contribution in [0.4, 0.5) is 11.4 Å². The number of aromatic nitrogens is 1. The zero-order chi connectivity index (χ0) is 19.9. The molecule has 2 aromatic carbocycles. The number of nitrogens with zero attached hydrogens (tertiary/aromatic N) is 1. The number of hydrogen-bond donors (Lipinski definition) is 2. The lowest BCUT2D eigenvalue weighted by molar-refractivity contribution is 0.0949. The summed E-state index contributed by atoms with van der Waals surface area (Å²) < 4.78 is 5.12. The van der Waals surface area contributed by atoms with Crippen LogP contribution in [0.25, 0.3) is 0 Å². The van der Waals surface area contributed by atoms with Gasteiger partial charge in [-0.3, -0.25) is 14.6 Å². The summed E-state index contributed by atoms with van der Waals surface area (Å²) in [6.07, 6.45) is 3.16. The van der Waals surface area contributed by atoms with Gasteiger partial charge in [-0.25, -0.2) is 0 Å². The maximum atomic E-state index is 12.4. The quantitative estimate of drug-likeness (QED) is 0.611. The molecule has 0 unspecified atom stereocenters. The number of amides is 1. The second-order valence-electron chi connectivity index (χ2n) is 6.25. The Morgan fingerprint density at radius 1 is 0.929 bits per heavy atom. The monoisotopic (exact) mass is 375 g/mol. The molecule has 0 aliphatic carbocycles. The molecule has 0 aliphatic heterocycles. The van der Waals surface area contributed by atoms with Crippen molar-refractivity contribution in [1.29, 1.82) is 0 Å². The predicted octanol–water partition coefficient (Wildman–Crippen LogP) is 3.97. The second-order valence-corrected chi connectivity index (χ2v) is 6.25. The lowest BCUT2D eigenvalue weighted by Crippen LogP contribution is -2.23. The second kappa shape index (κ2) is 8.81. The average molecular weight is 375 g/mol. The Balaban J connectivity index is 1.62. The zero-order valence-corrected chi connectivity index (χ0v) is 15.7. The third kappa shape index (κ3) is 4.94. The van der Waals surface area contributed by atoms with Crippen LogP contribution in [0.5, 0.6) is 5.75 Å². The van der Waals surface area contributed by atoms with E-state index in [0.29, 0.717) is 23.4 Å². The molecular weight excluding hydrogens is 354 g/mol. The van der Waals surface area contributed by atoms with Gasteiger partial charge in [0, 0.05) is 24.0 Å². The van der Waals surface area contributed by atoms with Crippen molar-refractivity contribution < 1.29 is 14.3 Å². The molecule has 2 N–H and O–H groups in total. The number of hydrogen-bond acceptors (Lipinski definition) is 5. The molecule has 6 nitrogen and oxygen atoms in total. The van der Waals surface area contributed by atoms with Crippen LogP contribution in [0.15, 0.2) is 67.0 Å². The van der Waals surface area contributed by atoms with E-state index in [9.17, 15) is 9.59 Å². The molecule has 1 heterocycles. The van der Waals surface area contributed by atoms with Crippen molar-refractivity contribution in [2.45, 2.75) is 13.5 Å². The van der Waals surface area contributed by atoms with Crippen molar-refractivity contribution in [2.24, 2.45) is 0 Å². The fourth-order valence-corrected chi connectivity index (χ4v) is 2.62. The summed E-state index contributed by atoms with van der Waals surface area (Å²) >= 11 is 0. The number of Topliss-reactive ketones (excluding diaryl/α,β-unsaturated/α-hetero) is 1. The van der Waals surface area contributed by atoms with E-state index in [-0.39, 0.29) is 11.7 Å². The van der Waals surface area contributed by atoms with E-state index in [4.69, 9.17) is 4.74 Å². The third-order valence-electron chi connectivity index (χ3n) is 4.19. The number of carbonyl (C=O) groups is 2. The molecule has 28 heavy (non-hydrogen) atoms. The molecule has 6 heteroatoms. The minimum atomic E-state index is -0.209. The summed E-state index contributed by atoms with van der Waals surface area (Å²) in [5, 5.41) is 6.06. The predicted molar refractivity (Wildman–Crippen MR) is 108 cm³/mol. The zero-order valence-electron chi connectivity index (χ0n) is 15.7. The van der Waals surface area contributed by atoms with Crippen molar-refractivity contribution in [3.05, 3.63) is 83.7 Å². The molecule has 0 saturated carbocycles. The Hall–Kier alpha value is -3.67. The van der Waals surface area contributed by atoms with Gasteiger partial charge in [0.1, 0.15) is 5.75 Å². The fraction of sp³-hybridized carbons (Fsp3) is 0.136. The summed E-state index contributed by atoms with van der Waals surface area (Å²) in [6.45, 7) is 1.94. The highest BCUT2D eigenvalue weighted by Crippen LogP contribution is 2.18. The number of anilines is 2. The number of pyridine rings is 1. The lowest BCUT2D eigenvalue weighted by Gasteiger charge is -2.09. The van der Waals surface area contributed by atoms with Gasteiger partial charge in [0.2, 0.25) is 0 Å². The van der Waals surface area contributed by atoms with Crippen LogP contribution >= 0.6 is 0 Å². The number of rotatable bonds is 7. The highest BCUT2D eigenvalue weighted by molar-refractivity contribution is 5.95.